The molecule has 0 amide bonds. The number of ether oxygens (including phenoxy) is 1. The Labute approximate surface area is 114 Å². The molecule has 1 aliphatic rings. The Morgan fingerprint density at radius 3 is 3.05 bits per heavy atom. The largest absolute Gasteiger partial charge is 0.359 e. The molecule has 0 spiro atoms. The summed E-state index contributed by atoms with van der Waals surface area (Å²) in [4.78, 5) is 11.0. The molecule has 0 bridgehead atoms. The number of anilines is 2. The molecular formula is C13H23N5O. The summed E-state index contributed by atoms with van der Waals surface area (Å²) in [5, 5.41) is 6.38. The first-order valence-electron chi connectivity index (χ1n) is 6.79. The molecule has 0 unspecified atom stereocenters. The van der Waals surface area contributed by atoms with Crippen molar-refractivity contribution < 1.29 is 4.74 Å². The molecule has 106 valence electrons. The van der Waals surface area contributed by atoms with Crippen molar-refractivity contribution in [3.8, 4) is 0 Å². The SMILES string of the molecule is CN[C@@H]1CCN(c2ccnc(NCOC(C)C)n2)C1. The number of nitrogens with zero attached hydrogens (tertiary/aromatic N) is 3. The fraction of sp³-hybridized carbons (Fsp3) is 0.692. The van der Waals surface area contributed by atoms with Gasteiger partial charge in [0.1, 0.15) is 12.5 Å². The zero-order chi connectivity index (χ0) is 13.7. The molecule has 1 atom stereocenters. The number of likely N-dealkylation sites (N-methyl/N-ethyl adjacent to an activating group) is 1. The highest BCUT2D eigenvalue weighted by Gasteiger charge is 2.22. The van der Waals surface area contributed by atoms with Crippen LogP contribution in [-0.4, -0.2) is 49.0 Å². The predicted molar refractivity (Wildman–Crippen MR) is 76.4 cm³/mol. The minimum absolute atomic E-state index is 0.200. The van der Waals surface area contributed by atoms with Gasteiger partial charge in [0.25, 0.3) is 0 Å². The van der Waals surface area contributed by atoms with Crippen LogP contribution in [0, 0.1) is 0 Å². The maximum Gasteiger partial charge on any atom is 0.226 e. The molecule has 6 nitrogen and oxygen atoms in total. The Hall–Kier alpha value is -1.40. The first-order chi connectivity index (χ1) is 9.19. The third-order valence-electron chi connectivity index (χ3n) is 3.21. The van der Waals surface area contributed by atoms with E-state index >= 15 is 0 Å². The molecule has 2 heterocycles. The van der Waals surface area contributed by atoms with Gasteiger partial charge in [0, 0.05) is 25.3 Å². The van der Waals surface area contributed by atoms with Crippen molar-refractivity contribution >= 4 is 11.8 Å². The highest BCUT2D eigenvalue weighted by Crippen LogP contribution is 2.18. The van der Waals surface area contributed by atoms with Crippen LogP contribution >= 0.6 is 0 Å². The van der Waals surface area contributed by atoms with Crippen LogP contribution in [0.2, 0.25) is 0 Å². The number of hydrogen-bond donors (Lipinski definition) is 2. The molecule has 6 heteroatoms. The van der Waals surface area contributed by atoms with Crippen molar-refractivity contribution in [2.75, 3.05) is 37.1 Å². The highest BCUT2D eigenvalue weighted by atomic mass is 16.5. The van der Waals surface area contributed by atoms with Gasteiger partial charge in [0.05, 0.1) is 6.10 Å². The van der Waals surface area contributed by atoms with Crippen LogP contribution in [0.15, 0.2) is 12.3 Å². The summed E-state index contributed by atoms with van der Waals surface area (Å²) in [5.41, 5.74) is 0. The van der Waals surface area contributed by atoms with Crippen molar-refractivity contribution in [2.45, 2.75) is 32.4 Å². The minimum Gasteiger partial charge on any atom is -0.359 e. The third kappa shape index (κ3) is 4.04. The zero-order valence-electron chi connectivity index (χ0n) is 11.9. The van der Waals surface area contributed by atoms with Gasteiger partial charge in [-0.05, 0) is 33.4 Å². The van der Waals surface area contributed by atoms with Crippen LogP contribution in [0.1, 0.15) is 20.3 Å². The van der Waals surface area contributed by atoms with E-state index in [1.807, 2.05) is 27.0 Å². The van der Waals surface area contributed by atoms with Crippen LogP contribution in [0.4, 0.5) is 11.8 Å². The Kier molecular flexibility index (Phi) is 4.93. The second-order valence-electron chi connectivity index (χ2n) is 5.00. The number of hydrogen-bond acceptors (Lipinski definition) is 6. The molecule has 1 fully saturated rings. The van der Waals surface area contributed by atoms with Crippen molar-refractivity contribution in [3.05, 3.63) is 12.3 Å². The maximum atomic E-state index is 5.43. The second kappa shape index (κ2) is 6.68. The van der Waals surface area contributed by atoms with E-state index in [0.29, 0.717) is 18.7 Å². The second-order valence-corrected chi connectivity index (χ2v) is 5.00. The molecule has 1 saturated heterocycles. The van der Waals surface area contributed by atoms with Gasteiger partial charge >= 0.3 is 0 Å². The molecule has 0 aromatic carbocycles. The van der Waals surface area contributed by atoms with Crippen LogP contribution < -0.4 is 15.5 Å². The van der Waals surface area contributed by atoms with Gasteiger partial charge in [-0.2, -0.15) is 4.98 Å². The molecule has 19 heavy (non-hydrogen) atoms. The summed E-state index contributed by atoms with van der Waals surface area (Å²) < 4.78 is 5.43. The number of nitrogens with one attached hydrogen (secondary N) is 2. The normalized spacial score (nSPS) is 19.2. The minimum atomic E-state index is 0.200. The Bertz CT molecular complexity index is 398. The van der Waals surface area contributed by atoms with Gasteiger partial charge in [0.15, 0.2) is 0 Å². The van der Waals surface area contributed by atoms with Crippen LogP contribution in [0.25, 0.3) is 0 Å². The summed E-state index contributed by atoms with van der Waals surface area (Å²) in [7, 11) is 2.00. The van der Waals surface area contributed by atoms with E-state index in [1.165, 1.54) is 0 Å². The number of rotatable bonds is 6. The van der Waals surface area contributed by atoms with E-state index < -0.39 is 0 Å². The fourth-order valence-electron chi connectivity index (χ4n) is 2.09. The molecule has 2 N–H and O–H groups in total. The topological polar surface area (TPSA) is 62.3 Å². The zero-order valence-corrected chi connectivity index (χ0v) is 11.9. The van der Waals surface area contributed by atoms with Gasteiger partial charge in [-0.3, -0.25) is 0 Å². The Morgan fingerprint density at radius 1 is 1.53 bits per heavy atom. The van der Waals surface area contributed by atoms with Crippen LogP contribution in [-0.2, 0) is 4.74 Å². The van der Waals surface area contributed by atoms with E-state index in [1.54, 1.807) is 6.20 Å². The van der Waals surface area contributed by atoms with Crippen molar-refractivity contribution in [1.29, 1.82) is 0 Å². The summed E-state index contributed by atoms with van der Waals surface area (Å²) in [6, 6.07) is 2.50. The van der Waals surface area contributed by atoms with Gasteiger partial charge in [0.2, 0.25) is 5.95 Å². The molecule has 1 aliphatic heterocycles. The van der Waals surface area contributed by atoms with Crippen molar-refractivity contribution in [3.63, 3.8) is 0 Å². The molecule has 0 aliphatic carbocycles. The van der Waals surface area contributed by atoms with Crippen molar-refractivity contribution in [2.24, 2.45) is 0 Å². The lowest BCUT2D eigenvalue weighted by atomic mass is 10.3. The summed E-state index contributed by atoms with van der Waals surface area (Å²) >= 11 is 0. The lowest BCUT2D eigenvalue weighted by molar-refractivity contribution is 0.0935. The quantitative estimate of drug-likeness (QED) is 0.750. The molecule has 0 radical (unpaired) electrons. The monoisotopic (exact) mass is 265 g/mol. The van der Waals surface area contributed by atoms with Gasteiger partial charge in [-0.15, -0.1) is 0 Å². The molecule has 2 rings (SSSR count). The highest BCUT2D eigenvalue weighted by molar-refractivity contribution is 5.43. The van der Waals surface area contributed by atoms with E-state index in [-0.39, 0.29) is 6.10 Å². The fourth-order valence-corrected chi connectivity index (χ4v) is 2.09. The maximum absolute atomic E-state index is 5.43. The molecule has 0 saturated carbocycles. The summed E-state index contributed by atoms with van der Waals surface area (Å²) in [5.74, 6) is 1.59. The lowest BCUT2D eigenvalue weighted by Crippen LogP contribution is -2.30. The van der Waals surface area contributed by atoms with Gasteiger partial charge in [-0.25, -0.2) is 4.98 Å². The predicted octanol–water partition coefficient (Wildman–Crippen LogP) is 1.07. The lowest BCUT2D eigenvalue weighted by Gasteiger charge is -2.18. The Balaban J connectivity index is 1.92. The molecule has 1 aromatic heterocycles. The molecule has 1 aromatic rings. The van der Waals surface area contributed by atoms with Crippen LogP contribution in [0.3, 0.4) is 0 Å². The average Bonchev–Trinajstić information content (AvgIpc) is 2.87. The van der Waals surface area contributed by atoms with E-state index in [4.69, 9.17) is 4.74 Å². The average molecular weight is 265 g/mol. The first-order valence-corrected chi connectivity index (χ1v) is 6.79. The van der Waals surface area contributed by atoms with Gasteiger partial charge in [-0.1, -0.05) is 0 Å². The van der Waals surface area contributed by atoms with Crippen LogP contribution in [0.5, 0.6) is 0 Å². The molecular weight excluding hydrogens is 242 g/mol. The summed E-state index contributed by atoms with van der Waals surface area (Å²) in [6.07, 6.45) is 3.14. The van der Waals surface area contributed by atoms with Gasteiger partial charge < -0.3 is 20.3 Å². The smallest absolute Gasteiger partial charge is 0.226 e. The van der Waals surface area contributed by atoms with E-state index in [2.05, 4.69) is 25.5 Å². The third-order valence-corrected chi connectivity index (χ3v) is 3.21. The Morgan fingerprint density at radius 2 is 2.37 bits per heavy atom. The number of aromatic nitrogens is 2. The standard InChI is InChI=1S/C13H23N5O/c1-10(2)19-9-16-13-15-6-4-12(17-13)18-7-5-11(8-18)14-3/h4,6,10-11,14H,5,7-9H2,1-3H3,(H,15,16,17)/t11-/m1/s1. The van der Waals surface area contributed by atoms with E-state index in [0.717, 1.165) is 25.3 Å². The van der Waals surface area contributed by atoms with Crippen molar-refractivity contribution in [1.82, 2.24) is 15.3 Å². The van der Waals surface area contributed by atoms with E-state index in [9.17, 15) is 0 Å². The first kappa shape index (κ1) is 14.0. The summed E-state index contributed by atoms with van der Waals surface area (Å²) in [6.45, 7) is 6.46.